The molecule has 0 spiro atoms. The summed E-state index contributed by atoms with van der Waals surface area (Å²) in [6.45, 7) is 0. The quantitative estimate of drug-likeness (QED) is 0.497. The van der Waals surface area contributed by atoms with Gasteiger partial charge >= 0.3 is 0 Å². The normalized spacial score (nSPS) is 22.9. The van der Waals surface area contributed by atoms with Gasteiger partial charge in [0.1, 0.15) is 0 Å². The van der Waals surface area contributed by atoms with Gasteiger partial charge in [0.15, 0.2) is 5.69 Å². The Hall–Kier alpha value is -2.08. The molecular weight excluding hydrogens is 268 g/mol. The third kappa shape index (κ3) is 2.85. The summed E-state index contributed by atoms with van der Waals surface area (Å²) in [5.74, 6) is -0.266. The topological polar surface area (TPSA) is 104 Å². The van der Waals surface area contributed by atoms with E-state index in [1.807, 2.05) is 0 Å². The van der Waals surface area contributed by atoms with Crippen molar-refractivity contribution in [3.05, 3.63) is 23.9 Å². The summed E-state index contributed by atoms with van der Waals surface area (Å²) in [6, 6.07) is 5.09. The molecule has 2 atom stereocenters. The number of nitrogens with zero attached hydrogens (tertiary/aromatic N) is 1. The van der Waals surface area contributed by atoms with E-state index in [1.165, 1.54) is 0 Å². The number of amides is 1. The van der Waals surface area contributed by atoms with Crippen LogP contribution in [0.2, 0.25) is 0 Å². The zero-order valence-corrected chi connectivity index (χ0v) is 11.8. The van der Waals surface area contributed by atoms with Crippen LogP contribution in [0.25, 0.3) is 10.9 Å². The number of anilines is 1. The predicted molar refractivity (Wildman–Crippen MR) is 80.9 cm³/mol. The van der Waals surface area contributed by atoms with Crippen LogP contribution >= 0.6 is 0 Å². The van der Waals surface area contributed by atoms with E-state index in [4.69, 9.17) is 5.73 Å². The Bertz CT molecular complexity index is 652. The van der Waals surface area contributed by atoms with Crippen LogP contribution in [0.5, 0.6) is 0 Å². The fourth-order valence-electron chi connectivity index (χ4n) is 2.90. The Labute approximate surface area is 122 Å². The van der Waals surface area contributed by atoms with Gasteiger partial charge in [-0.2, -0.15) is 5.10 Å². The van der Waals surface area contributed by atoms with Crippen molar-refractivity contribution in [1.29, 1.82) is 0 Å². The lowest BCUT2D eigenvalue weighted by Crippen LogP contribution is -2.42. The summed E-state index contributed by atoms with van der Waals surface area (Å²) in [5, 5.41) is 20.6. The minimum atomic E-state index is -0.480. The molecule has 0 radical (unpaired) electrons. The number of H-pyrrole nitrogens is 1. The SMILES string of the molecule is Nc1ccc2[nH]nc(C(=O)NC3CCCCCC3O)c2c1. The van der Waals surface area contributed by atoms with Gasteiger partial charge < -0.3 is 16.2 Å². The maximum absolute atomic E-state index is 12.4. The maximum atomic E-state index is 12.4. The predicted octanol–water partition coefficient (Wildman–Crippen LogP) is 1.57. The number of nitrogens with two attached hydrogens (primary N) is 1. The first-order valence-corrected chi connectivity index (χ1v) is 7.37. The molecule has 1 aromatic carbocycles. The number of benzene rings is 1. The number of hydrogen-bond acceptors (Lipinski definition) is 4. The van der Waals surface area contributed by atoms with Crippen molar-refractivity contribution in [1.82, 2.24) is 15.5 Å². The van der Waals surface area contributed by atoms with E-state index >= 15 is 0 Å². The lowest BCUT2D eigenvalue weighted by atomic mass is 10.1. The summed E-state index contributed by atoms with van der Waals surface area (Å²) in [7, 11) is 0. The number of aliphatic hydroxyl groups excluding tert-OH is 1. The number of hydrogen-bond donors (Lipinski definition) is 4. The second kappa shape index (κ2) is 5.73. The second-order valence-corrected chi connectivity index (χ2v) is 5.66. The monoisotopic (exact) mass is 288 g/mol. The fourth-order valence-corrected chi connectivity index (χ4v) is 2.90. The van der Waals surface area contributed by atoms with Crippen molar-refractivity contribution >= 4 is 22.5 Å². The van der Waals surface area contributed by atoms with Crippen molar-refractivity contribution in [2.75, 3.05) is 5.73 Å². The molecule has 6 nitrogen and oxygen atoms in total. The van der Waals surface area contributed by atoms with Crippen LogP contribution in [0.1, 0.15) is 42.6 Å². The van der Waals surface area contributed by atoms with Crippen molar-refractivity contribution in [2.45, 2.75) is 44.2 Å². The van der Waals surface area contributed by atoms with Gasteiger partial charge in [-0.05, 0) is 31.0 Å². The van der Waals surface area contributed by atoms with Crippen LogP contribution in [0.4, 0.5) is 5.69 Å². The average molecular weight is 288 g/mol. The van der Waals surface area contributed by atoms with E-state index < -0.39 is 6.10 Å². The largest absolute Gasteiger partial charge is 0.399 e. The second-order valence-electron chi connectivity index (χ2n) is 5.66. The molecule has 0 aliphatic heterocycles. The third-order valence-electron chi connectivity index (χ3n) is 4.10. The zero-order valence-electron chi connectivity index (χ0n) is 11.8. The molecule has 6 heteroatoms. The van der Waals surface area contributed by atoms with E-state index in [0.717, 1.165) is 37.6 Å². The van der Waals surface area contributed by atoms with Gasteiger partial charge in [0.05, 0.1) is 17.7 Å². The summed E-state index contributed by atoms with van der Waals surface area (Å²) in [6.07, 6.45) is 4.19. The van der Waals surface area contributed by atoms with Crippen LogP contribution < -0.4 is 11.1 Å². The summed E-state index contributed by atoms with van der Waals surface area (Å²) in [5.41, 5.74) is 7.46. The molecule has 1 heterocycles. The van der Waals surface area contributed by atoms with Gasteiger partial charge in [0.2, 0.25) is 0 Å². The summed E-state index contributed by atoms with van der Waals surface area (Å²) in [4.78, 5) is 12.4. The number of nitrogen functional groups attached to an aromatic ring is 1. The molecule has 0 bridgehead atoms. The smallest absolute Gasteiger partial charge is 0.272 e. The van der Waals surface area contributed by atoms with Crippen LogP contribution in [-0.4, -0.2) is 33.4 Å². The van der Waals surface area contributed by atoms with Gasteiger partial charge in [-0.1, -0.05) is 19.3 Å². The Morgan fingerprint density at radius 1 is 1.33 bits per heavy atom. The van der Waals surface area contributed by atoms with Gasteiger partial charge in [0, 0.05) is 11.1 Å². The zero-order chi connectivity index (χ0) is 14.8. The number of fused-ring (bicyclic) bond motifs is 1. The molecule has 1 aliphatic carbocycles. The number of aliphatic hydroxyl groups is 1. The first kappa shape index (κ1) is 13.9. The molecule has 0 saturated heterocycles. The van der Waals surface area contributed by atoms with E-state index in [1.54, 1.807) is 18.2 Å². The van der Waals surface area contributed by atoms with Crippen molar-refractivity contribution in [2.24, 2.45) is 0 Å². The molecule has 1 aromatic heterocycles. The number of carbonyl (C=O) groups excluding carboxylic acids is 1. The minimum absolute atomic E-state index is 0.201. The fraction of sp³-hybridized carbons (Fsp3) is 0.467. The number of aromatic amines is 1. The average Bonchev–Trinajstić information content (AvgIpc) is 2.77. The highest BCUT2D eigenvalue weighted by atomic mass is 16.3. The molecule has 2 unspecified atom stereocenters. The van der Waals surface area contributed by atoms with Crippen molar-refractivity contribution in [3.8, 4) is 0 Å². The highest BCUT2D eigenvalue weighted by Crippen LogP contribution is 2.21. The van der Waals surface area contributed by atoms with Crippen molar-refractivity contribution in [3.63, 3.8) is 0 Å². The van der Waals surface area contributed by atoms with Crippen molar-refractivity contribution < 1.29 is 9.90 Å². The molecule has 21 heavy (non-hydrogen) atoms. The first-order valence-electron chi connectivity index (χ1n) is 7.37. The van der Waals surface area contributed by atoms with E-state index in [0.29, 0.717) is 16.8 Å². The van der Waals surface area contributed by atoms with Gasteiger partial charge in [-0.3, -0.25) is 9.89 Å². The number of nitrogens with one attached hydrogen (secondary N) is 2. The van der Waals surface area contributed by atoms with Gasteiger partial charge in [-0.25, -0.2) is 0 Å². The van der Waals surface area contributed by atoms with Crippen LogP contribution in [-0.2, 0) is 0 Å². The molecule has 112 valence electrons. The van der Waals surface area contributed by atoms with Crippen LogP contribution in [0.15, 0.2) is 18.2 Å². The lowest BCUT2D eigenvalue weighted by molar-refractivity contribution is 0.0815. The van der Waals surface area contributed by atoms with Crippen LogP contribution in [0, 0.1) is 0 Å². The molecule has 1 fully saturated rings. The van der Waals surface area contributed by atoms with E-state index in [2.05, 4.69) is 15.5 Å². The van der Waals surface area contributed by atoms with Gasteiger partial charge in [0.25, 0.3) is 5.91 Å². The number of carbonyl (C=O) groups is 1. The Morgan fingerprint density at radius 2 is 2.14 bits per heavy atom. The van der Waals surface area contributed by atoms with E-state index in [9.17, 15) is 9.90 Å². The number of aromatic nitrogens is 2. The Morgan fingerprint density at radius 3 is 3.00 bits per heavy atom. The third-order valence-corrected chi connectivity index (χ3v) is 4.10. The molecule has 2 aromatic rings. The molecule has 1 aliphatic rings. The van der Waals surface area contributed by atoms with E-state index in [-0.39, 0.29) is 11.9 Å². The highest BCUT2D eigenvalue weighted by Gasteiger charge is 2.25. The lowest BCUT2D eigenvalue weighted by Gasteiger charge is -2.21. The standard InChI is InChI=1S/C15H20N4O2/c16-9-6-7-11-10(8-9)14(19-18-11)15(21)17-12-4-2-1-3-5-13(12)20/h6-8,12-13,20H,1-5,16H2,(H,17,21)(H,18,19). The summed E-state index contributed by atoms with van der Waals surface area (Å²) < 4.78 is 0. The highest BCUT2D eigenvalue weighted by molar-refractivity contribution is 6.05. The molecular formula is C15H20N4O2. The Balaban J connectivity index is 1.81. The Kier molecular flexibility index (Phi) is 3.79. The molecule has 5 N–H and O–H groups in total. The summed E-state index contributed by atoms with van der Waals surface area (Å²) >= 11 is 0. The first-order chi connectivity index (χ1) is 10.1. The molecule has 3 rings (SSSR count). The number of rotatable bonds is 2. The van der Waals surface area contributed by atoms with Crippen LogP contribution in [0.3, 0.4) is 0 Å². The molecule has 1 saturated carbocycles. The molecule has 1 amide bonds. The maximum Gasteiger partial charge on any atom is 0.272 e. The minimum Gasteiger partial charge on any atom is -0.399 e. The van der Waals surface area contributed by atoms with Gasteiger partial charge in [-0.15, -0.1) is 0 Å².